The summed E-state index contributed by atoms with van der Waals surface area (Å²) in [6.07, 6.45) is 6.18. The van der Waals surface area contributed by atoms with E-state index in [0.29, 0.717) is 6.04 Å². The Balaban J connectivity index is 2.30. The number of furan rings is 1. The lowest BCUT2D eigenvalue weighted by Crippen LogP contribution is -2.32. The van der Waals surface area contributed by atoms with Gasteiger partial charge in [0.1, 0.15) is 5.58 Å². The molecule has 0 bridgehead atoms. The number of fused-ring (bicyclic) bond motifs is 3. The van der Waals surface area contributed by atoms with Crippen LogP contribution in [0.15, 0.2) is 35.0 Å². The van der Waals surface area contributed by atoms with Crippen LogP contribution in [0.3, 0.4) is 0 Å². The molecule has 0 fully saturated rings. The molecule has 2 heterocycles. The number of hydrogen-bond donors (Lipinski definition) is 0. The van der Waals surface area contributed by atoms with Crippen molar-refractivity contribution in [3.05, 3.63) is 36.1 Å². The molecule has 16 heavy (non-hydrogen) atoms. The number of anilines is 1. The Bertz CT molecular complexity index is 551. The van der Waals surface area contributed by atoms with Crippen LogP contribution in [0.25, 0.3) is 17.0 Å². The fourth-order valence-electron chi connectivity index (χ4n) is 2.35. The molecule has 82 valence electrons. The van der Waals surface area contributed by atoms with Gasteiger partial charge in [-0.3, -0.25) is 0 Å². The highest BCUT2D eigenvalue weighted by atomic mass is 16.3. The molecule has 0 radical (unpaired) electrons. The molecule has 1 aliphatic rings. The Morgan fingerprint density at radius 2 is 2.12 bits per heavy atom. The third-order valence-corrected chi connectivity index (χ3v) is 3.15. The second-order valence-corrected chi connectivity index (χ2v) is 4.48. The van der Waals surface area contributed by atoms with E-state index in [-0.39, 0.29) is 0 Å². The number of rotatable bonds is 1. The van der Waals surface area contributed by atoms with E-state index in [0.717, 1.165) is 12.1 Å². The standard InChI is InChI=1S/C14H15NO/c1-10(2)15-8-3-4-11-5-6-13-12(14(11)15)7-9-16-13/h3-7,9-10H,8H2,1-2H3. The van der Waals surface area contributed by atoms with Crippen molar-refractivity contribution >= 4 is 22.7 Å². The maximum Gasteiger partial charge on any atom is 0.135 e. The minimum Gasteiger partial charge on any atom is -0.464 e. The summed E-state index contributed by atoms with van der Waals surface area (Å²) in [5.41, 5.74) is 3.57. The lowest BCUT2D eigenvalue weighted by Gasteiger charge is -2.32. The molecule has 1 aromatic heterocycles. The molecule has 2 aromatic rings. The van der Waals surface area contributed by atoms with E-state index < -0.39 is 0 Å². The first-order valence-electron chi connectivity index (χ1n) is 5.71. The van der Waals surface area contributed by atoms with Crippen molar-refractivity contribution in [3.63, 3.8) is 0 Å². The highest BCUT2D eigenvalue weighted by molar-refractivity contribution is 5.97. The summed E-state index contributed by atoms with van der Waals surface area (Å²) in [7, 11) is 0. The van der Waals surface area contributed by atoms with E-state index in [9.17, 15) is 0 Å². The SMILES string of the molecule is CC(C)N1CC=Cc2ccc3occc3c21. The fraction of sp³-hybridized carbons (Fsp3) is 0.286. The van der Waals surface area contributed by atoms with E-state index >= 15 is 0 Å². The van der Waals surface area contributed by atoms with Gasteiger partial charge in [-0.1, -0.05) is 12.2 Å². The van der Waals surface area contributed by atoms with Crippen molar-refractivity contribution in [1.82, 2.24) is 0 Å². The summed E-state index contributed by atoms with van der Waals surface area (Å²) in [5, 5.41) is 1.22. The van der Waals surface area contributed by atoms with Crippen LogP contribution >= 0.6 is 0 Å². The van der Waals surface area contributed by atoms with E-state index in [1.165, 1.54) is 16.6 Å². The average molecular weight is 213 g/mol. The first-order chi connectivity index (χ1) is 7.77. The van der Waals surface area contributed by atoms with Gasteiger partial charge in [-0.15, -0.1) is 0 Å². The summed E-state index contributed by atoms with van der Waals surface area (Å²) >= 11 is 0. The van der Waals surface area contributed by atoms with Gasteiger partial charge in [0.15, 0.2) is 0 Å². The molecule has 0 saturated carbocycles. The summed E-state index contributed by atoms with van der Waals surface area (Å²) in [5.74, 6) is 0. The Morgan fingerprint density at radius 3 is 2.94 bits per heavy atom. The van der Waals surface area contributed by atoms with Gasteiger partial charge in [0.25, 0.3) is 0 Å². The van der Waals surface area contributed by atoms with Crippen molar-refractivity contribution in [1.29, 1.82) is 0 Å². The molecule has 2 heteroatoms. The van der Waals surface area contributed by atoms with Crippen LogP contribution in [0, 0.1) is 0 Å². The van der Waals surface area contributed by atoms with E-state index in [1.807, 2.05) is 6.07 Å². The highest BCUT2D eigenvalue weighted by Gasteiger charge is 2.19. The zero-order valence-corrected chi connectivity index (χ0v) is 9.60. The monoisotopic (exact) mass is 213 g/mol. The molecule has 1 aromatic carbocycles. The van der Waals surface area contributed by atoms with Gasteiger partial charge in [-0.2, -0.15) is 0 Å². The zero-order valence-electron chi connectivity index (χ0n) is 9.60. The molecule has 0 aliphatic carbocycles. The molecular formula is C14H15NO. The van der Waals surface area contributed by atoms with E-state index in [4.69, 9.17) is 4.42 Å². The van der Waals surface area contributed by atoms with Crippen LogP contribution in [-0.2, 0) is 0 Å². The molecule has 1 aliphatic heterocycles. The molecule has 0 saturated heterocycles. The summed E-state index contributed by atoms with van der Waals surface area (Å²) in [6, 6.07) is 6.74. The predicted molar refractivity (Wildman–Crippen MR) is 67.7 cm³/mol. The van der Waals surface area contributed by atoms with Crippen molar-refractivity contribution in [2.24, 2.45) is 0 Å². The summed E-state index contributed by atoms with van der Waals surface area (Å²) < 4.78 is 5.46. The maximum absolute atomic E-state index is 5.46. The van der Waals surface area contributed by atoms with Crippen LogP contribution in [0.2, 0.25) is 0 Å². The molecule has 0 spiro atoms. The molecule has 0 amide bonds. The third-order valence-electron chi connectivity index (χ3n) is 3.15. The van der Waals surface area contributed by atoms with Gasteiger partial charge in [0.2, 0.25) is 0 Å². The molecule has 3 rings (SSSR count). The summed E-state index contributed by atoms with van der Waals surface area (Å²) in [6.45, 7) is 5.43. The van der Waals surface area contributed by atoms with Crippen LogP contribution < -0.4 is 4.90 Å². The van der Waals surface area contributed by atoms with Crippen molar-refractivity contribution < 1.29 is 4.42 Å². The molecule has 0 atom stereocenters. The normalized spacial score (nSPS) is 14.8. The second kappa shape index (κ2) is 3.41. The van der Waals surface area contributed by atoms with Crippen LogP contribution in [0.5, 0.6) is 0 Å². The van der Waals surface area contributed by atoms with E-state index in [2.05, 4.69) is 43.0 Å². The van der Waals surface area contributed by atoms with E-state index in [1.54, 1.807) is 6.26 Å². The molecule has 0 unspecified atom stereocenters. The van der Waals surface area contributed by atoms with Crippen LogP contribution in [0.1, 0.15) is 19.4 Å². The van der Waals surface area contributed by atoms with Crippen LogP contribution in [0.4, 0.5) is 5.69 Å². The van der Waals surface area contributed by atoms with Gasteiger partial charge in [-0.25, -0.2) is 0 Å². The summed E-state index contributed by atoms with van der Waals surface area (Å²) in [4.78, 5) is 2.41. The largest absolute Gasteiger partial charge is 0.464 e. The van der Waals surface area contributed by atoms with Gasteiger partial charge in [-0.05, 0) is 37.6 Å². The quantitative estimate of drug-likeness (QED) is 0.718. The van der Waals surface area contributed by atoms with Crippen molar-refractivity contribution in [3.8, 4) is 0 Å². The number of hydrogen-bond acceptors (Lipinski definition) is 2. The Morgan fingerprint density at radius 1 is 1.25 bits per heavy atom. The Kier molecular flexibility index (Phi) is 2.03. The van der Waals surface area contributed by atoms with Crippen molar-refractivity contribution in [2.45, 2.75) is 19.9 Å². The van der Waals surface area contributed by atoms with Gasteiger partial charge in [0.05, 0.1) is 12.0 Å². The molecule has 2 nitrogen and oxygen atoms in total. The van der Waals surface area contributed by atoms with Gasteiger partial charge < -0.3 is 9.32 Å². The lowest BCUT2D eigenvalue weighted by molar-refractivity contribution is 0.615. The van der Waals surface area contributed by atoms with Gasteiger partial charge in [0, 0.05) is 18.0 Å². The number of benzene rings is 1. The fourth-order valence-corrected chi connectivity index (χ4v) is 2.35. The molecule has 0 N–H and O–H groups in total. The predicted octanol–water partition coefficient (Wildman–Crippen LogP) is 3.67. The Labute approximate surface area is 95.2 Å². The Hall–Kier alpha value is -1.70. The van der Waals surface area contributed by atoms with Gasteiger partial charge >= 0.3 is 0 Å². The van der Waals surface area contributed by atoms with Crippen LogP contribution in [-0.4, -0.2) is 12.6 Å². The highest BCUT2D eigenvalue weighted by Crippen LogP contribution is 2.35. The maximum atomic E-state index is 5.46. The van der Waals surface area contributed by atoms with Crippen molar-refractivity contribution in [2.75, 3.05) is 11.4 Å². The minimum absolute atomic E-state index is 0.504. The average Bonchev–Trinajstić information content (AvgIpc) is 2.76. The minimum atomic E-state index is 0.504. The molecular weight excluding hydrogens is 198 g/mol. The first-order valence-corrected chi connectivity index (χ1v) is 5.71. The first kappa shape index (κ1) is 9.52. The zero-order chi connectivity index (χ0) is 11.1. The third kappa shape index (κ3) is 1.26. The lowest BCUT2D eigenvalue weighted by atomic mass is 10.0. The smallest absolute Gasteiger partial charge is 0.135 e. The topological polar surface area (TPSA) is 16.4 Å². The number of nitrogens with zero attached hydrogens (tertiary/aromatic N) is 1. The second-order valence-electron chi connectivity index (χ2n) is 4.48.